The number of carbonyl (C=O) groups is 1. The van der Waals surface area contributed by atoms with Crippen LogP contribution in [0.2, 0.25) is 0 Å². The van der Waals surface area contributed by atoms with E-state index in [1.165, 1.54) is 23.9 Å². The number of amides is 1. The standard InChI is InChI=1S/C22H18FN5OS/c1-15-6-8-17(9-7-15)28-21(16-10-12-24-13-11-16)26-27-22(28)30-14-20(29)25-19-5-3-2-4-18(19)23/h2-13H,14H2,1H3,(H,25,29). The molecule has 0 aliphatic heterocycles. The van der Waals surface area contributed by atoms with E-state index in [1.54, 1.807) is 24.5 Å². The molecule has 4 rings (SSSR count). The summed E-state index contributed by atoms with van der Waals surface area (Å²) in [4.78, 5) is 16.4. The van der Waals surface area contributed by atoms with Gasteiger partial charge in [-0.3, -0.25) is 14.3 Å². The van der Waals surface area contributed by atoms with Crippen LogP contribution in [-0.2, 0) is 4.79 Å². The van der Waals surface area contributed by atoms with Gasteiger partial charge in [0.1, 0.15) is 5.82 Å². The number of aromatic nitrogens is 4. The molecule has 6 nitrogen and oxygen atoms in total. The van der Waals surface area contributed by atoms with E-state index in [9.17, 15) is 9.18 Å². The van der Waals surface area contributed by atoms with Crippen molar-refractivity contribution in [1.29, 1.82) is 0 Å². The lowest BCUT2D eigenvalue weighted by Crippen LogP contribution is -2.15. The van der Waals surface area contributed by atoms with Crippen LogP contribution >= 0.6 is 11.8 Å². The van der Waals surface area contributed by atoms with Crippen molar-refractivity contribution in [2.45, 2.75) is 12.1 Å². The van der Waals surface area contributed by atoms with Crippen molar-refractivity contribution in [3.05, 3.63) is 84.4 Å². The molecule has 0 unspecified atom stereocenters. The molecule has 30 heavy (non-hydrogen) atoms. The van der Waals surface area contributed by atoms with Gasteiger partial charge in [0, 0.05) is 23.6 Å². The molecule has 2 aromatic heterocycles. The lowest BCUT2D eigenvalue weighted by Gasteiger charge is -2.11. The molecule has 0 radical (unpaired) electrons. The van der Waals surface area contributed by atoms with Crippen LogP contribution in [0.1, 0.15) is 5.56 Å². The summed E-state index contributed by atoms with van der Waals surface area (Å²) in [5.74, 6) is -0.0831. The van der Waals surface area contributed by atoms with Gasteiger partial charge in [0.2, 0.25) is 5.91 Å². The van der Waals surface area contributed by atoms with Crippen molar-refractivity contribution in [1.82, 2.24) is 19.7 Å². The fourth-order valence-corrected chi connectivity index (χ4v) is 3.61. The molecule has 1 amide bonds. The summed E-state index contributed by atoms with van der Waals surface area (Å²) in [6, 6.07) is 17.7. The van der Waals surface area contributed by atoms with Crippen molar-refractivity contribution in [3.8, 4) is 17.1 Å². The first-order chi connectivity index (χ1) is 14.6. The van der Waals surface area contributed by atoms with E-state index in [1.807, 2.05) is 47.9 Å². The zero-order chi connectivity index (χ0) is 20.9. The fourth-order valence-electron chi connectivity index (χ4n) is 2.86. The van der Waals surface area contributed by atoms with Gasteiger partial charge in [0.25, 0.3) is 0 Å². The van der Waals surface area contributed by atoms with Gasteiger partial charge in [-0.05, 0) is 43.3 Å². The van der Waals surface area contributed by atoms with Crippen LogP contribution in [-0.4, -0.2) is 31.4 Å². The van der Waals surface area contributed by atoms with Crippen LogP contribution < -0.4 is 5.32 Å². The summed E-state index contributed by atoms with van der Waals surface area (Å²) in [5.41, 5.74) is 3.03. The number of para-hydroxylation sites is 1. The van der Waals surface area contributed by atoms with Crippen LogP contribution in [0.3, 0.4) is 0 Å². The summed E-state index contributed by atoms with van der Waals surface area (Å²) in [6.45, 7) is 2.02. The van der Waals surface area contributed by atoms with Crippen LogP contribution in [0.5, 0.6) is 0 Å². The first-order valence-corrected chi connectivity index (χ1v) is 10.2. The van der Waals surface area contributed by atoms with Crippen molar-refractivity contribution in [3.63, 3.8) is 0 Å². The number of halogens is 1. The van der Waals surface area contributed by atoms with Crippen molar-refractivity contribution in [2.24, 2.45) is 0 Å². The molecule has 0 saturated heterocycles. The summed E-state index contributed by atoms with van der Waals surface area (Å²) < 4.78 is 15.7. The summed E-state index contributed by atoms with van der Waals surface area (Å²) in [5, 5.41) is 11.8. The first kappa shape index (κ1) is 19.8. The Labute approximate surface area is 177 Å². The third-order valence-corrected chi connectivity index (χ3v) is 5.27. The first-order valence-electron chi connectivity index (χ1n) is 9.22. The highest BCUT2D eigenvalue weighted by Crippen LogP contribution is 2.28. The lowest BCUT2D eigenvalue weighted by atomic mass is 10.2. The Morgan fingerprint density at radius 1 is 1.03 bits per heavy atom. The van der Waals surface area contributed by atoms with Crippen molar-refractivity contribution < 1.29 is 9.18 Å². The second-order valence-corrected chi connectivity index (χ2v) is 7.47. The average Bonchev–Trinajstić information content (AvgIpc) is 3.19. The van der Waals surface area contributed by atoms with E-state index in [4.69, 9.17) is 0 Å². The number of thioether (sulfide) groups is 1. The predicted octanol–water partition coefficient (Wildman–Crippen LogP) is 4.51. The number of hydrogen-bond donors (Lipinski definition) is 1. The Bertz CT molecular complexity index is 1160. The molecule has 0 aliphatic rings. The Kier molecular flexibility index (Phi) is 5.85. The van der Waals surface area contributed by atoms with Gasteiger partial charge in [0.15, 0.2) is 11.0 Å². The number of anilines is 1. The molecule has 0 fully saturated rings. The molecule has 0 spiro atoms. The van der Waals surface area contributed by atoms with Crippen molar-refractivity contribution in [2.75, 3.05) is 11.1 Å². The number of nitrogens with zero attached hydrogens (tertiary/aromatic N) is 4. The maximum Gasteiger partial charge on any atom is 0.234 e. The molecule has 0 atom stereocenters. The topological polar surface area (TPSA) is 72.7 Å². The van der Waals surface area contributed by atoms with E-state index in [-0.39, 0.29) is 17.3 Å². The minimum absolute atomic E-state index is 0.0642. The maximum absolute atomic E-state index is 13.8. The second-order valence-electron chi connectivity index (χ2n) is 6.53. The smallest absolute Gasteiger partial charge is 0.234 e. The molecular weight excluding hydrogens is 401 g/mol. The molecule has 4 aromatic rings. The Morgan fingerprint density at radius 3 is 2.50 bits per heavy atom. The van der Waals surface area contributed by atoms with Crippen LogP contribution in [0.25, 0.3) is 17.1 Å². The van der Waals surface area contributed by atoms with Gasteiger partial charge in [-0.15, -0.1) is 10.2 Å². The average molecular weight is 419 g/mol. The largest absolute Gasteiger partial charge is 0.323 e. The summed E-state index contributed by atoms with van der Waals surface area (Å²) in [6.07, 6.45) is 3.39. The Hall–Kier alpha value is -3.52. The third kappa shape index (κ3) is 4.38. The van der Waals surface area contributed by atoms with E-state index < -0.39 is 5.82 Å². The van der Waals surface area contributed by atoms with E-state index in [0.717, 1.165) is 16.8 Å². The number of benzene rings is 2. The number of aryl methyl sites for hydroxylation is 1. The van der Waals surface area contributed by atoms with Gasteiger partial charge in [0.05, 0.1) is 11.4 Å². The van der Waals surface area contributed by atoms with Crippen LogP contribution in [0.4, 0.5) is 10.1 Å². The number of nitrogens with one attached hydrogen (secondary N) is 1. The van der Waals surface area contributed by atoms with Crippen LogP contribution in [0, 0.1) is 12.7 Å². The second kappa shape index (κ2) is 8.87. The highest BCUT2D eigenvalue weighted by Gasteiger charge is 2.17. The molecule has 150 valence electrons. The number of hydrogen-bond acceptors (Lipinski definition) is 5. The maximum atomic E-state index is 13.8. The minimum atomic E-state index is -0.473. The van der Waals surface area contributed by atoms with E-state index in [0.29, 0.717) is 11.0 Å². The normalized spacial score (nSPS) is 10.7. The zero-order valence-corrected chi connectivity index (χ0v) is 16.9. The summed E-state index contributed by atoms with van der Waals surface area (Å²) in [7, 11) is 0. The molecule has 0 aliphatic carbocycles. The highest BCUT2D eigenvalue weighted by atomic mass is 32.2. The zero-order valence-electron chi connectivity index (χ0n) is 16.1. The third-order valence-electron chi connectivity index (χ3n) is 4.34. The molecule has 1 N–H and O–H groups in total. The lowest BCUT2D eigenvalue weighted by molar-refractivity contribution is -0.113. The molecule has 0 bridgehead atoms. The minimum Gasteiger partial charge on any atom is -0.323 e. The van der Waals surface area contributed by atoms with Crippen molar-refractivity contribution >= 4 is 23.4 Å². The van der Waals surface area contributed by atoms with E-state index in [2.05, 4.69) is 20.5 Å². The van der Waals surface area contributed by atoms with Gasteiger partial charge in [-0.1, -0.05) is 41.6 Å². The van der Waals surface area contributed by atoms with Gasteiger partial charge >= 0.3 is 0 Å². The molecule has 2 heterocycles. The van der Waals surface area contributed by atoms with Gasteiger partial charge < -0.3 is 5.32 Å². The molecule has 8 heteroatoms. The summed E-state index contributed by atoms with van der Waals surface area (Å²) >= 11 is 1.23. The predicted molar refractivity (Wildman–Crippen MR) is 115 cm³/mol. The number of carbonyl (C=O) groups excluding carboxylic acids is 1. The Morgan fingerprint density at radius 2 is 1.77 bits per heavy atom. The van der Waals surface area contributed by atoms with Gasteiger partial charge in [-0.2, -0.15) is 0 Å². The van der Waals surface area contributed by atoms with Crippen LogP contribution in [0.15, 0.2) is 78.2 Å². The van der Waals surface area contributed by atoms with Gasteiger partial charge in [-0.25, -0.2) is 4.39 Å². The number of rotatable bonds is 6. The SMILES string of the molecule is Cc1ccc(-n2c(SCC(=O)Nc3ccccc3F)nnc2-c2ccncc2)cc1. The molecule has 0 saturated carbocycles. The monoisotopic (exact) mass is 419 g/mol. The Balaban J connectivity index is 1.60. The molecule has 2 aromatic carbocycles. The molecular formula is C22H18FN5OS. The fraction of sp³-hybridized carbons (Fsp3) is 0.0909. The quantitative estimate of drug-likeness (QED) is 0.466. The van der Waals surface area contributed by atoms with E-state index >= 15 is 0 Å². The highest BCUT2D eigenvalue weighted by molar-refractivity contribution is 7.99. The number of pyridine rings is 1.